The van der Waals surface area contributed by atoms with Crippen LogP contribution >= 0.6 is 11.3 Å². The molecule has 2 amide bonds. The average Bonchev–Trinajstić information content (AvgIpc) is 3.25. The molecule has 7 heteroatoms. The second-order valence-electron chi connectivity index (χ2n) is 6.08. The van der Waals surface area contributed by atoms with Crippen molar-refractivity contribution in [2.75, 3.05) is 5.32 Å². The Morgan fingerprint density at radius 3 is 2.84 bits per heavy atom. The molecular formula is C18H21N5OS. The van der Waals surface area contributed by atoms with Crippen LogP contribution < -0.4 is 10.6 Å². The highest BCUT2D eigenvalue weighted by Gasteiger charge is 2.12. The van der Waals surface area contributed by atoms with Gasteiger partial charge in [0.25, 0.3) is 0 Å². The molecule has 0 saturated carbocycles. The number of carbonyl (C=O) groups is 1. The van der Waals surface area contributed by atoms with Crippen LogP contribution in [0.15, 0.2) is 35.7 Å². The molecule has 6 nitrogen and oxygen atoms in total. The summed E-state index contributed by atoms with van der Waals surface area (Å²) in [7, 11) is 0. The number of thiophene rings is 1. The summed E-state index contributed by atoms with van der Waals surface area (Å²) in [5.74, 6) is 1.60. The fraction of sp³-hybridized carbons (Fsp3) is 0.278. The van der Waals surface area contributed by atoms with Crippen molar-refractivity contribution in [3.63, 3.8) is 0 Å². The van der Waals surface area contributed by atoms with Gasteiger partial charge in [-0.2, -0.15) is 5.10 Å². The molecule has 0 aliphatic heterocycles. The lowest BCUT2D eigenvalue weighted by Gasteiger charge is -2.16. The van der Waals surface area contributed by atoms with E-state index in [4.69, 9.17) is 0 Å². The Labute approximate surface area is 150 Å². The monoisotopic (exact) mass is 355 g/mol. The minimum Gasteiger partial charge on any atom is -0.331 e. The van der Waals surface area contributed by atoms with Gasteiger partial charge in [-0.3, -0.25) is 5.10 Å². The largest absolute Gasteiger partial charge is 0.331 e. The number of amides is 2. The summed E-state index contributed by atoms with van der Waals surface area (Å²) in [5, 5.41) is 14.8. The molecule has 2 aromatic heterocycles. The molecule has 0 aliphatic rings. The lowest BCUT2D eigenvalue weighted by Crippen LogP contribution is -2.29. The molecule has 3 N–H and O–H groups in total. The number of aromatic amines is 1. The maximum absolute atomic E-state index is 12.3. The topological polar surface area (TPSA) is 82.7 Å². The number of nitrogens with one attached hydrogen (secondary N) is 3. The van der Waals surface area contributed by atoms with Gasteiger partial charge >= 0.3 is 6.03 Å². The molecule has 3 rings (SSSR count). The zero-order chi connectivity index (χ0) is 17.8. The Morgan fingerprint density at radius 1 is 1.28 bits per heavy atom. The number of aryl methyl sites for hydroxylation is 1. The Balaban J connectivity index is 1.63. The number of rotatable bonds is 5. The zero-order valence-electron chi connectivity index (χ0n) is 14.5. The van der Waals surface area contributed by atoms with Crippen molar-refractivity contribution in [2.45, 2.75) is 33.2 Å². The van der Waals surface area contributed by atoms with Crippen molar-refractivity contribution in [2.24, 2.45) is 0 Å². The molecule has 0 aliphatic carbocycles. The first kappa shape index (κ1) is 17.2. The van der Waals surface area contributed by atoms with E-state index in [0.29, 0.717) is 17.6 Å². The highest BCUT2D eigenvalue weighted by Crippen LogP contribution is 2.27. The van der Waals surface area contributed by atoms with Crippen LogP contribution in [-0.2, 0) is 6.54 Å². The Morgan fingerprint density at radius 2 is 2.12 bits per heavy atom. The number of anilines is 1. The number of urea groups is 1. The van der Waals surface area contributed by atoms with Gasteiger partial charge in [0.1, 0.15) is 5.82 Å². The number of hydrogen-bond donors (Lipinski definition) is 3. The van der Waals surface area contributed by atoms with Gasteiger partial charge in [-0.25, -0.2) is 9.78 Å². The van der Waals surface area contributed by atoms with Gasteiger partial charge in [0.2, 0.25) is 0 Å². The lowest BCUT2D eigenvalue weighted by atomic mass is 9.98. The molecule has 0 bridgehead atoms. The van der Waals surface area contributed by atoms with E-state index in [0.717, 1.165) is 21.7 Å². The third-order valence-electron chi connectivity index (χ3n) is 3.86. The average molecular weight is 355 g/mol. The van der Waals surface area contributed by atoms with E-state index in [-0.39, 0.29) is 12.6 Å². The minimum absolute atomic E-state index is 0.259. The first-order valence-electron chi connectivity index (χ1n) is 8.14. The van der Waals surface area contributed by atoms with Crippen LogP contribution in [0.3, 0.4) is 0 Å². The molecule has 3 aromatic rings. The van der Waals surface area contributed by atoms with Crippen LogP contribution in [0.25, 0.3) is 10.7 Å². The normalized spacial score (nSPS) is 10.9. The highest BCUT2D eigenvalue weighted by atomic mass is 32.1. The van der Waals surface area contributed by atoms with Crippen LogP contribution in [0.1, 0.15) is 36.7 Å². The van der Waals surface area contributed by atoms with Crippen molar-refractivity contribution in [1.29, 1.82) is 0 Å². The number of para-hydroxylation sites is 1. The number of H-pyrrole nitrogens is 1. The predicted molar refractivity (Wildman–Crippen MR) is 101 cm³/mol. The highest BCUT2D eigenvalue weighted by molar-refractivity contribution is 7.13. The van der Waals surface area contributed by atoms with Crippen LogP contribution in [0.2, 0.25) is 0 Å². The molecule has 2 heterocycles. The number of benzene rings is 1. The molecule has 1 aromatic carbocycles. The van der Waals surface area contributed by atoms with E-state index in [1.54, 1.807) is 11.3 Å². The predicted octanol–water partition coefficient (Wildman–Crippen LogP) is 4.29. The van der Waals surface area contributed by atoms with Crippen LogP contribution in [0.5, 0.6) is 0 Å². The van der Waals surface area contributed by atoms with Crippen molar-refractivity contribution in [3.05, 3.63) is 52.7 Å². The summed E-state index contributed by atoms with van der Waals surface area (Å²) in [6.45, 7) is 6.50. The maximum atomic E-state index is 12.3. The third kappa shape index (κ3) is 4.06. The summed E-state index contributed by atoms with van der Waals surface area (Å²) >= 11 is 1.58. The van der Waals surface area contributed by atoms with Gasteiger partial charge < -0.3 is 10.6 Å². The van der Waals surface area contributed by atoms with Gasteiger partial charge in [0, 0.05) is 5.69 Å². The summed E-state index contributed by atoms with van der Waals surface area (Å²) in [5.41, 5.74) is 3.03. The SMILES string of the molecule is Cc1cccc(C(C)C)c1NC(=O)NCc1nc(-c2cccs2)n[nH]1. The summed E-state index contributed by atoms with van der Waals surface area (Å²) in [6, 6.07) is 9.70. The molecule has 25 heavy (non-hydrogen) atoms. The Kier molecular flexibility index (Phi) is 5.14. The van der Waals surface area contributed by atoms with Gasteiger partial charge in [-0.05, 0) is 35.4 Å². The minimum atomic E-state index is -0.259. The second-order valence-corrected chi connectivity index (χ2v) is 7.03. The van der Waals surface area contributed by atoms with E-state index < -0.39 is 0 Å². The summed E-state index contributed by atoms with van der Waals surface area (Å²) in [4.78, 5) is 17.7. The smallest absolute Gasteiger partial charge is 0.319 e. The van der Waals surface area contributed by atoms with Crippen molar-refractivity contribution in [3.8, 4) is 10.7 Å². The Hall–Kier alpha value is -2.67. The number of aromatic nitrogens is 3. The summed E-state index contributed by atoms with van der Waals surface area (Å²) in [6.07, 6.45) is 0. The zero-order valence-corrected chi connectivity index (χ0v) is 15.3. The van der Waals surface area contributed by atoms with E-state index in [1.165, 1.54) is 0 Å². The molecular weight excluding hydrogens is 334 g/mol. The van der Waals surface area contributed by atoms with Gasteiger partial charge in [-0.1, -0.05) is 38.1 Å². The second kappa shape index (κ2) is 7.48. The lowest BCUT2D eigenvalue weighted by molar-refractivity contribution is 0.251. The van der Waals surface area contributed by atoms with E-state index in [9.17, 15) is 4.79 Å². The Bertz CT molecular complexity index is 854. The molecule has 0 fully saturated rings. The van der Waals surface area contributed by atoms with Gasteiger partial charge in [0.15, 0.2) is 5.82 Å². The van der Waals surface area contributed by atoms with Crippen molar-refractivity contribution in [1.82, 2.24) is 20.5 Å². The van der Waals surface area contributed by atoms with E-state index in [1.807, 2.05) is 42.6 Å². The third-order valence-corrected chi connectivity index (χ3v) is 4.72. The van der Waals surface area contributed by atoms with Gasteiger partial charge in [-0.15, -0.1) is 11.3 Å². The van der Waals surface area contributed by atoms with Crippen molar-refractivity contribution < 1.29 is 4.79 Å². The molecule has 0 atom stereocenters. The van der Waals surface area contributed by atoms with Crippen LogP contribution in [-0.4, -0.2) is 21.2 Å². The maximum Gasteiger partial charge on any atom is 0.319 e. The van der Waals surface area contributed by atoms with Crippen molar-refractivity contribution >= 4 is 23.1 Å². The molecule has 130 valence electrons. The number of nitrogens with zero attached hydrogens (tertiary/aromatic N) is 2. The molecule has 0 radical (unpaired) electrons. The molecule has 0 unspecified atom stereocenters. The first-order chi connectivity index (χ1) is 12.0. The number of hydrogen-bond acceptors (Lipinski definition) is 4. The molecule has 0 spiro atoms. The fourth-order valence-electron chi connectivity index (χ4n) is 2.55. The van der Waals surface area contributed by atoms with Gasteiger partial charge in [0.05, 0.1) is 11.4 Å². The quantitative estimate of drug-likeness (QED) is 0.638. The number of carbonyl (C=O) groups excluding carboxylic acids is 1. The first-order valence-corrected chi connectivity index (χ1v) is 9.02. The van der Waals surface area contributed by atoms with E-state index >= 15 is 0 Å². The standard InChI is InChI=1S/C18H21N5OS/c1-11(2)13-7-4-6-12(3)16(13)21-18(24)19-10-15-20-17(23-22-15)14-8-5-9-25-14/h4-9,11H,10H2,1-3H3,(H2,19,21,24)(H,20,22,23). The van der Waals surface area contributed by atoms with Crippen LogP contribution in [0.4, 0.5) is 10.5 Å². The van der Waals surface area contributed by atoms with E-state index in [2.05, 4.69) is 39.7 Å². The fourth-order valence-corrected chi connectivity index (χ4v) is 3.21. The molecule has 0 saturated heterocycles. The van der Waals surface area contributed by atoms with Crippen LogP contribution in [0, 0.1) is 6.92 Å². The summed E-state index contributed by atoms with van der Waals surface area (Å²) < 4.78 is 0.